The Bertz CT molecular complexity index is 411. The Morgan fingerprint density at radius 3 is 2.50 bits per heavy atom. The van der Waals surface area contributed by atoms with Crippen molar-refractivity contribution < 1.29 is 0 Å². The summed E-state index contributed by atoms with van der Waals surface area (Å²) >= 11 is 0. The fraction of sp³-hybridized carbons (Fsp3) is 0.636. The van der Waals surface area contributed by atoms with Crippen LogP contribution >= 0.6 is 0 Å². The average molecular weight is 219 g/mol. The lowest BCUT2D eigenvalue weighted by Gasteiger charge is -2.20. The molecule has 2 aliphatic heterocycles. The second-order valence-corrected chi connectivity index (χ2v) is 4.57. The molecule has 1 saturated heterocycles. The summed E-state index contributed by atoms with van der Waals surface area (Å²) in [5.74, 6) is 2.49. The molecule has 3 rings (SSSR count). The molecule has 0 atom stereocenters. The van der Waals surface area contributed by atoms with Gasteiger partial charge >= 0.3 is 0 Å². The van der Waals surface area contributed by atoms with Crippen molar-refractivity contribution in [3.05, 3.63) is 5.56 Å². The zero-order chi connectivity index (χ0) is 11.1. The first-order valence-corrected chi connectivity index (χ1v) is 5.88. The van der Waals surface area contributed by atoms with E-state index in [4.69, 9.17) is 5.73 Å². The highest BCUT2D eigenvalue weighted by molar-refractivity contribution is 5.65. The van der Waals surface area contributed by atoms with E-state index in [1.54, 1.807) is 0 Å². The Hall–Kier alpha value is -1.52. The molecule has 0 radical (unpaired) electrons. The zero-order valence-corrected chi connectivity index (χ0v) is 9.61. The van der Waals surface area contributed by atoms with Gasteiger partial charge in [-0.15, -0.1) is 0 Å². The number of nitrogens with two attached hydrogens (primary N) is 1. The fourth-order valence-corrected chi connectivity index (χ4v) is 2.59. The quantitative estimate of drug-likeness (QED) is 0.751. The molecule has 1 aromatic heterocycles. The van der Waals surface area contributed by atoms with Crippen LogP contribution in [0.15, 0.2) is 0 Å². The summed E-state index contributed by atoms with van der Waals surface area (Å²) in [4.78, 5) is 13.3. The van der Waals surface area contributed by atoms with E-state index in [-0.39, 0.29) is 0 Å². The molecule has 2 N–H and O–H groups in total. The van der Waals surface area contributed by atoms with Crippen molar-refractivity contribution in [2.24, 2.45) is 0 Å². The minimum Gasteiger partial charge on any atom is -0.368 e. The van der Waals surface area contributed by atoms with Gasteiger partial charge in [0.1, 0.15) is 11.6 Å². The summed E-state index contributed by atoms with van der Waals surface area (Å²) in [6.45, 7) is 3.23. The summed E-state index contributed by atoms with van der Waals surface area (Å²) in [6.07, 6.45) is 3.56. The van der Waals surface area contributed by atoms with Crippen LogP contribution in [0.4, 0.5) is 17.6 Å². The molecule has 86 valence electrons. The molecular formula is C11H17N5. The summed E-state index contributed by atoms with van der Waals surface area (Å²) in [6, 6.07) is 0. The third kappa shape index (κ3) is 1.38. The summed E-state index contributed by atoms with van der Waals surface area (Å²) in [5, 5.41) is 0. The maximum absolute atomic E-state index is 5.79. The highest BCUT2D eigenvalue weighted by Crippen LogP contribution is 2.33. The highest BCUT2D eigenvalue weighted by Gasteiger charge is 2.26. The first kappa shape index (κ1) is 9.69. The summed E-state index contributed by atoms with van der Waals surface area (Å²) < 4.78 is 0. The topological polar surface area (TPSA) is 58.3 Å². The third-order valence-electron chi connectivity index (χ3n) is 3.45. The summed E-state index contributed by atoms with van der Waals surface area (Å²) in [5.41, 5.74) is 7.06. The average Bonchev–Trinajstić information content (AvgIpc) is 2.88. The highest BCUT2D eigenvalue weighted by atomic mass is 15.3. The van der Waals surface area contributed by atoms with Gasteiger partial charge < -0.3 is 15.5 Å². The number of likely N-dealkylation sites (N-methyl/N-ethyl adjacent to an activating group) is 1. The van der Waals surface area contributed by atoms with Crippen LogP contribution in [0.3, 0.4) is 0 Å². The third-order valence-corrected chi connectivity index (χ3v) is 3.45. The SMILES string of the molecule is CN1CCc2c1nc(N)nc2N1CCCC1. The second kappa shape index (κ2) is 3.50. The van der Waals surface area contributed by atoms with Gasteiger partial charge in [0.2, 0.25) is 5.95 Å². The molecule has 0 amide bonds. The van der Waals surface area contributed by atoms with E-state index in [1.165, 1.54) is 18.4 Å². The van der Waals surface area contributed by atoms with Crippen LogP contribution in [-0.2, 0) is 6.42 Å². The first-order chi connectivity index (χ1) is 7.75. The van der Waals surface area contributed by atoms with Crippen LogP contribution in [0, 0.1) is 0 Å². The Morgan fingerprint density at radius 1 is 1.06 bits per heavy atom. The van der Waals surface area contributed by atoms with Crippen molar-refractivity contribution in [2.75, 3.05) is 42.2 Å². The number of nitrogen functional groups attached to an aromatic ring is 1. The molecule has 0 aliphatic carbocycles. The number of hydrogen-bond donors (Lipinski definition) is 1. The minimum absolute atomic E-state index is 0.398. The predicted molar refractivity (Wildman–Crippen MR) is 64.9 cm³/mol. The van der Waals surface area contributed by atoms with Crippen LogP contribution < -0.4 is 15.5 Å². The largest absolute Gasteiger partial charge is 0.368 e. The van der Waals surface area contributed by atoms with E-state index >= 15 is 0 Å². The zero-order valence-electron chi connectivity index (χ0n) is 9.61. The van der Waals surface area contributed by atoms with Crippen molar-refractivity contribution in [3.63, 3.8) is 0 Å². The van der Waals surface area contributed by atoms with E-state index in [2.05, 4.69) is 26.8 Å². The van der Waals surface area contributed by atoms with Gasteiger partial charge in [-0.1, -0.05) is 0 Å². The van der Waals surface area contributed by atoms with E-state index in [1.807, 2.05) is 0 Å². The molecule has 5 heteroatoms. The molecule has 1 fully saturated rings. The standard InChI is InChI=1S/C11H17N5/c1-15-7-4-8-9(15)13-11(12)14-10(8)16-5-2-3-6-16/h2-7H2,1H3,(H2,12,13,14). The molecule has 0 unspecified atom stereocenters. The van der Waals surface area contributed by atoms with Crippen LogP contribution in [0.25, 0.3) is 0 Å². The maximum Gasteiger partial charge on any atom is 0.223 e. The molecule has 0 saturated carbocycles. The van der Waals surface area contributed by atoms with Crippen molar-refractivity contribution in [3.8, 4) is 0 Å². The molecule has 1 aromatic rings. The Morgan fingerprint density at radius 2 is 1.75 bits per heavy atom. The first-order valence-electron chi connectivity index (χ1n) is 5.88. The molecule has 3 heterocycles. The van der Waals surface area contributed by atoms with E-state index < -0.39 is 0 Å². The number of rotatable bonds is 1. The van der Waals surface area contributed by atoms with Gasteiger partial charge in [0.15, 0.2) is 0 Å². The lowest BCUT2D eigenvalue weighted by Crippen LogP contribution is -2.21. The molecule has 0 bridgehead atoms. The summed E-state index contributed by atoms with van der Waals surface area (Å²) in [7, 11) is 2.06. The van der Waals surface area contributed by atoms with Gasteiger partial charge in [-0.2, -0.15) is 9.97 Å². The van der Waals surface area contributed by atoms with Crippen LogP contribution in [-0.4, -0.2) is 36.6 Å². The van der Waals surface area contributed by atoms with E-state index in [9.17, 15) is 0 Å². The number of hydrogen-bond acceptors (Lipinski definition) is 5. The molecule has 5 nitrogen and oxygen atoms in total. The van der Waals surface area contributed by atoms with Crippen molar-refractivity contribution in [1.29, 1.82) is 0 Å². The fourth-order valence-electron chi connectivity index (χ4n) is 2.59. The number of fused-ring (bicyclic) bond motifs is 1. The molecule has 16 heavy (non-hydrogen) atoms. The number of anilines is 3. The predicted octanol–water partition coefficient (Wildman–Crippen LogP) is 0.651. The van der Waals surface area contributed by atoms with Gasteiger partial charge in [0.05, 0.1) is 0 Å². The van der Waals surface area contributed by atoms with Crippen molar-refractivity contribution >= 4 is 17.6 Å². The Balaban J connectivity index is 2.07. The Kier molecular flexibility index (Phi) is 2.12. The van der Waals surface area contributed by atoms with Gasteiger partial charge in [0, 0.05) is 32.2 Å². The van der Waals surface area contributed by atoms with Gasteiger partial charge in [-0.3, -0.25) is 0 Å². The monoisotopic (exact) mass is 219 g/mol. The van der Waals surface area contributed by atoms with E-state index in [0.717, 1.165) is 37.7 Å². The van der Waals surface area contributed by atoms with E-state index in [0.29, 0.717) is 5.95 Å². The number of aromatic nitrogens is 2. The molecular weight excluding hydrogens is 202 g/mol. The minimum atomic E-state index is 0.398. The van der Waals surface area contributed by atoms with Gasteiger partial charge in [-0.05, 0) is 19.3 Å². The molecule has 2 aliphatic rings. The lowest BCUT2D eigenvalue weighted by molar-refractivity contribution is 0.912. The van der Waals surface area contributed by atoms with Crippen LogP contribution in [0.2, 0.25) is 0 Å². The Labute approximate surface area is 95.3 Å². The van der Waals surface area contributed by atoms with Crippen LogP contribution in [0.5, 0.6) is 0 Å². The van der Waals surface area contributed by atoms with Gasteiger partial charge in [0.25, 0.3) is 0 Å². The van der Waals surface area contributed by atoms with Crippen molar-refractivity contribution in [2.45, 2.75) is 19.3 Å². The number of nitrogens with zero attached hydrogens (tertiary/aromatic N) is 4. The van der Waals surface area contributed by atoms with Gasteiger partial charge in [-0.25, -0.2) is 0 Å². The lowest BCUT2D eigenvalue weighted by atomic mass is 10.2. The molecule has 0 aromatic carbocycles. The van der Waals surface area contributed by atoms with Crippen molar-refractivity contribution in [1.82, 2.24) is 9.97 Å². The van der Waals surface area contributed by atoms with Crippen LogP contribution in [0.1, 0.15) is 18.4 Å². The normalized spacial score (nSPS) is 19.3. The smallest absolute Gasteiger partial charge is 0.223 e. The molecule has 0 spiro atoms. The second-order valence-electron chi connectivity index (χ2n) is 4.57. The maximum atomic E-state index is 5.79.